The van der Waals surface area contributed by atoms with Crippen LogP contribution in [0.1, 0.15) is 15.4 Å². The molecule has 0 radical (unpaired) electrons. The normalized spacial score (nSPS) is 10.6. The van der Waals surface area contributed by atoms with Crippen LogP contribution < -0.4 is 0 Å². The number of nitrogens with zero attached hydrogens (tertiary/aromatic N) is 1. The number of aldehydes is 1. The van der Waals surface area contributed by atoms with Crippen molar-refractivity contribution in [3.8, 4) is 0 Å². The van der Waals surface area contributed by atoms with Crippen molar-refractivity contribution in [1.82, 2.24) is 4.98 Å². The molecule has 0 saturated heterocycles. The van der Waals surface area contributed by atoms with Crippen molar-refractivity contribution in [3.05, 3.63) is 27.7 Å². The molecule has 2 nitrogen and oxygen atoms in total. The summed E-state index contributed by atoms with van der Waals surface area (Å²) in [4.78, 5) is 14.8. The standard InChI is InChI=1S/C9H6ClNOS/c1-5-11-8-2-6(4-12)7(10)3-9(8)13-5/h2-4H,1H3. The van der Waals surface area contributed by atoms with Gasteiger partial charge in [-0.2, -0.15) is 0 Å². The van der Waals surface area contributed by atoms with Gasteiger partial charge in [-0.1, -0.05) is 11.6 Å². The number of thiazole rings is 1. The van der Waals surface area contributed by atoms with E-state index in [-0.39, 0.29) is 0 Å². The van der Waals surface area contributed by atoms with E-state index in [9.17, 15) is 4.79 Å². The molecule has 2 rings (SSSR count). The first-order chi connectivity index (χ1) is 6.20. The van der Waals surface area contributed by atoms with Crippen LogP contribution in [-0.2, 0) is 0 Å². The summed E-state index contributed by atoms with van der Waals surface area (Å²) in [7, 11) is 0. The van der Waals surface area contributed by atoms with E-state index in [4.69, 9.17) is 11.6 Å². The second-order valence-corrected chi connectivity index (χ2v) is 4.33. The van der Waals surface area contributed by atoms with Crippen LogP contribution in [0, 0.1) is 6.92 Å². The number of carbonyl (C=O) groups excluding carboxylic acids is 1. The number of halogens is 1. The average molecular weight is 212 g/mol. The number of hydrogen-bond donors (Lipinski definition) is 0. The summed E-state index contributed by atoms with van der Waals surface area (Å²) < 4.78 is 1.02. The summed E-state index contributed by atoms with van der Waals surface area (Å²) in [6, 6.07) is 3.50. The molecule has 1 aromatic carbocycles. The second-order valence-electron chi connectivity index (χ2n) is 2.69. The molecule has 0 saturated carbocycles. The lowest BCUT2D eigenvalue weighted by molar-refractivity contribution is 0.112. The van der Waals surface area contributed by atoms with Gasteiger partial charge in [-0.25, -0.2) is 4.98 Å². The number of hydrogen-bond acceptors (Lipinski definition) is 3. The van der Waals surface area contributed by atoms with E-state index in [0.29, 0.717) is 10.6 Å². The van der Waals surface area contributed by atoms with Crippen LogP contribution in [0.2, 0.25) is 5.02 Å². The number of rotatable bonds is 1. The van der Waals surface area contributed by atoms with Gasteiger partial charge in [-0.15, -0.1) is 11.3 Å². The third-order valence-corrected chi connectivity index (χ3v) is 3.00. The van der Waals surface area contributed by atoms with E-state index in [0.717, 1.165) is 21.5 Å². The van der Waals surface area contributed by atoms with Gasteiger partial charge in [0, 0.05) is 5.56 Å². The molecule has 0 fully saturated rings. The number of aromatic nitrogens is 1. The van der Waals surface area contributed by atoms with E-state index in [1.807, 2.05) is 6.92 Å². The lowest BCUT2D eigenvalue weighted by Gasteiger charge is -1.93. The third kappa shape index (κ3) is 1.45. The van der Waals surface area contributed by atoms with Crippen LogP contribution in [0.4, 0.5) is 0 Å². The molecule has 1 heterocycles. The molecule has 2 aromatic rings. The van der Waals surface area contributed by atoms with Gasteiger partial charge in [-0.05, 0) is 19.1 Å². The zero-order valence-corrected chi connectivity index (χ0v) is 8.45. The molecule has 0 N–H and O–H groups in total. The largest absolute Gasteiger partial charge is 0.298 e. The quantitative estimate of drug-likeness (QED) is 0.679. The van der Waals surface area contributed by atoms with Crippen molar-refractivity contribution in [1.29, 1.82) is 0 Å². The summed E-state index contributed by atoms with van der Waals surface area (Å²) in [5.41, 5.74) is 1.34. The van der Waals surface area contributed by atoms with Gasteiger partial charge in [0.25, 0.3) is 0 Å². The molecule has 4 heteroatoms. The highest BCUT2D eigenvalue weighted by Crippen LogP contribution is 2.27. The van der Waals surface area contributed by atoms with E-state index < -0.39 is 0 Å². The Hall–Kier alpha value is -0.930. The van der Waals surface area contributed by atoms with Crippen LogP contribution >= 0.6 is 22.9 Å². The van der Waals surface area contributed by atoms with E-state index in [1.165, 1.54) is 0 Å². The van der Waals surface area contributed by atoms with Gasteiger partial charge in [-0.3, -0.25) is 4.79 Å². The molecule has 0 atom stereocenters. The maximum absolute atomic E-state index is 10.6. The molecule has 0 spiro atoms. The molecule has 0 amide bonds. The first kappa shape index (κ1) is 8.66. The molecule has 0 aliphatic carbocycles. The van der Waals surface area contributed by atoms with Crippen LogP contribution in [0.3, 0.4) is 0 Å². The van der Waals surface area contributed by atoms with Crippen LogP contribution in [0.5, 0.6) is 0 Å². The number of benzene rings is 1. The van der Waals surface area contributed by atoms with Gasteiger partial charge >= 0.3 is 0 Å². The van der Waals surface area contributed by atoms with E-state index >= 15 is 0 Å². The van der Waals surface area contributed by atoms with Crippen molar-refractivity contribution < 1.29 is 4.79 Å². The third-order valence-electron chi connectivity index (χ3n) is 1.74. The molecule has 66 valence electrons. The van der Waals surface area contributed by atoms with Crippen molar-refractivity contribution in [3.63, 3.8) is 0 Å². The van der Waals surface area contributed by atoms with Crippen molar-refractivity contribution in [2.45, 2.75) is 6.92 Å². The molecule has 0 bridgehead atoms. The Bertz CT molecular complexity index is 478. The predicted molar refractivity (Wildman–Crippen MR) is 54.8 cm³/mol. The molecular weight excluding hydrogens is 206 g/mol. The summed E-state index contributed by atoms with van der Waals surface area (Å²) in [5.74, 6) is 0. The second kappa shape index (κ2) is 3.09. The Morgan fingerprint density at radius 2 is 2.31 bits per heavy atom. The van der Waals surface area contributed by atoms with Gasteiger partial charge in [0.15, 0.2) is 6.29 Å². The Morgan fingerprint density at radius 1 is 1.54 bits per heavy atom. The maximum Gasteiger partial charge on any atom is 0.151 e. The monoisotopic (exact) mass is 211 g/mol. The highest BCUT2D eigenvalue weighted by atomic mass is 35.5. The fourth-order valence-electron chi connectivity index (χ4n) is 1.17. The number of aryl methyl sites for hydroxylation is 1. The van der Waals surface area contributed by atoms with Crippen molar-refractivity contribution in [2.75, 3.05) is 0 Å². The van der Waals surface area contributed by atoms with Crippen LogP contribution in [0.15, 0.2) is 12.1 Å². The number of fused-ring (bicyclic) bond motifs is 1. The minimum atomic E-state index is 0.492. The van der Waals surface area contributed by atoms with E-state index in [1.54, 1.807) is 23.5 Å². The minimum absolute atomic E-state index is 0.492. The topological polar surface area (TPSA) is 30.0 Å². The van der Waals surface area contributed by atoms with Gasteiger partial charge in [0.2, 0.25) is 0 Å². The Balaban J connectivity index is 2.79. The Kier molecular flexibility index (Phi) is 2.06. The SMILES string of the molecule is Cc1nc2cc(C=O)c(Cl)cc2s1. The highest BCUT2D eigenvalue weighted by molar-refractivity contribution is 7.18. The summed E-state index contributed by atoms with van der Waals surface area (Å²) in [5, 5.41) is 1.47. The zero-order chi connectivity index (χ0) is 9.42. The molecular formula is C9H6ClNOS. The molecule has 0 unspecified atom stereocenters. The highest BCUT2D eigenvalue weighted by Gasteiger charge is 2.05. The fraction of sp³-hybridized carbons (Fsp3) is 0.111. The predicted octanol–water partition coefficient (Wildman–Crippen LogP) is 3.07. The van der Waals surface area contributed by atoms with Crippen molar-refractivity contribution >= 4 is 39.4 Å². The summed E-state index contributed by atoms with van der Waals surface area (Å²) >= 11 is 7.43. The smallest absolute Gasteiger partial charge is 0.151 e. The average Bonchev–Trinajstić information content (AvgIpc) is 2.42. The first-order valence-electron chi connectivity index (χ1n) is 3.72. The first-order valence-corrected chi connectivity index (χ1v) is 4.92. The van der Waals surface area contributed by atoms with Crippen LogP contribution in [0.25, 0.3) is 10.2 Å². The van der Waals surface area contributed by atoms with E-state index in [2.05, 4.69) is 4.98 Å². The Labute approximate surface area is 84.2 Å². The lowest BCUT2D eigenvalue weighted by Crippen LogP contribution is -1.81. The zero-order valence-electron chi connectivity index (χ0n) is 6.87. The van der Waals surface area contributed by atoms with Crippen molar-refractivity contribution in [2.24, 2.45) is 0 Å². The van der Waals surface area contributed by atoms with Gasteiger partial charge < -0.3 is 0 Å². The summed E-state index contributed by atoms with van der Waals surface area (Å²) in [6.07, 6.45) is 0.746. The molecule has 0 aliphatic rings. The number of carbonyl (C=O) groups is 1. The Morgan fingerprint density at radius 3 is 3.00 bits per heavy atom. The molecule has 13 heavy (non-hydrogen) atoms. The maximum atomic E-state index is 10.6. The van der Waals surface area contributed by atoms with Gasteiger partial charge in [0.05, 0.1) is 20.2 Å². The fourth-order valence-corrected chi connectivity index (χ4v) is 2.29. The van der Waals surface area contributed by atoms with Gasteiger partial charge in [0.1, 0.15) is 0 Å². The molecule has 1 aromatic heterocycles. The van der Waals surface area contributed by atoms with Crippen LogP contribution in [-0.4, -0.2) is 11.3 Å². The minimum Gasteiger partial charge on any atom is -0.298 e. The molecule has 0 aliphatic heterocycles. The lowest BCUT2D eigenvalue weighted by atomic mass is 10.2. The summed E-state index contributed by atoms with van der Waals surface area (Å²) in [6.45, 7) is 1.93.